The lowest BCUT2D eigenvalue weighted by molar-refractivity contribution is -0.278. The van der Waals surface area contributed by atoms with Gasteiger partial charge in [0.05, 0.1) is 6.61 Å². The van der Waals surface area contributed by atoms with Crippen molar-refractivity contribution >= 4 is 24.7 Å². The number of methoxy groups -OCH3 is 1. The van der Waals surface area contributed by atoms with Crippen LogP contribution in [-0.2, 0) is 24.3 Å². The minimum Gasteiger partial charge on any atom is -0.455 e. The van der Waals surface area contributed by atoms with E-state index in [9.17, 15) is 18.0 Å². The van der Waals surface area contributed by atoms with Gasteiger partial charge in [-0.05, 0) is 71.0 Å². The van der Waals surface area contributed by atoms with Crippen molar-refractivity contribution in [3.63, 3.8) is 0 Å². The second kappa shape index (κ2) is 18.0. The van der Waals surface area contributed by atoms with E-state index < -0.39 is 32.2 Å². The molecule has 0 heterocycles. The fraction of sp³-hybridized carbons (Fsp3) is 0.512. The topological polar surface area (TPSA) is 44.8 Å². The molecule has 0 aromatic heterocycles. The largest absolute Gasteiger partial charge is 0.455 e. The average molecular weight is 725 g/mol. The highest BCUT2D eigenvalue weighted by Gasteiger charge is 2.64. The van der Waals surface area contributed by atoms with Gasteiger partial charge in [0, 0.05) is 12.7 Å². The van der Waals surface area contributed by atoms with Gasteiger partial charge in [-0.1, -0.05) is 152 Å². The van der Waals surface area contributed by atoms with Crippen molar-refractivity contribution in [2.24, 2.45) is 17.8 Å². The van der Waals surface area contributed by atoms with Gasteiger partial charge < -0.3 is 13.9 Å². The third-order valence-electron chi connectivity index (χ3n) is 10.3. The molecule has 0 N–H and O–H groups in total. The summed E-state index contributed by atoms with van der Waals surface area (Å²) in [7, 11) is -2.01. The van der Waals surface area contributed by atoms with Crippen molar-refractivity contribution in [3.05, 3.63) is 108 Å². The number of ether oxygens (including phenoxy) is 2. The van der Waals surface area contributed by atoms with E-state index in [-0.39, 0.29) is 29.0 Å². The molecule has 0 amide bonds. The smallest absolute Gasteiger partial charge is 0.432 e. The van der Waals surface area contributed by atoms with Crippen molar-refractivity contribution in [1.82, 2.24) is 0 Å². The van der Waals surface area contributed by atoms with Crippen molar-refractivity contribution in [2.45, 2.75) is 111 Å². The number of carbonyl (C=O) groups excluding carboxylic acids is 1. The first-order valence-electron chi connectivity index (χ1n) is 18.3. The molecule has 280 valence electrons. The zero-order chi connectivity index (χ0) is 38.0. The van der Waals surface area contributed by atoms with E-state index in [0.29, 0.717) is 17.9 Å². The van der Waals surface area contributed by atoms with Crippen LogP contribution in [0.3, 0.4) is 0 Å². The molecule has 3 aromatic carbocycles. The van der Waals surface area contributed by atoms with Gasteiger partial charge in [0.1, 0.15) is 6.10 Å². The van der Waals surface area contributed by atoms with E-state index in [1.807, 2.05) is 57.2 Å². The minimum absolute atomic E-state index is 0.219. The molecular weight excluding hydrogens is 666 g/mol. The van der Waals surface area contributed by atoms with Crippen LogP contribution in [0, 0.1) is 17.8 Å². The van der Waals surface area contributed by atoms with Crippen LogP contribution >= 0.6 is 0 Å². The first kappa shape index (κ1) is 42.2. The number of rotatable bonds is 17. The quantitative estimate of drug-likeness (QED) is 0.0790. The number of esters is 1. The van der Waals surface area contributed by atoms with Gasteiger partial charge in [-0.3, -0.25) is 0 Å². The summed E-state index contributed by atoms with van der Waals surface area (Å²) in [5.41, 5.74) is -2.11. The summed E-state index contributed by atoms with van der Waals surface area (Å²) >= 11 is 0. The van der Waals surface area contributed by atoms with Crippen molar-refractivity contribution < 1.29 is 31.9 Å². The van der Waals surface area contributed by atoms with Crippen LogP contribution in [0.15, 0.2) is 102 Å². The molecule has 8 heteroatoms. The molecule has 0 aliphatic heterocycles. The Kier molecular flexibility index (Phi) is 14.9. The van der Waals surface area contributed by atoms with Crippen molar-refractivity contribution in [1.29, 1.82) is 0 Å². The van der Waals surface area contributed by atoms with Crippen LogP contribution in [0.1, 0.15) is 93.6 Å². The van der Waals surface area contributed by atoms with Crippen LogP contribution in [-0.4, -0.2) is 40.3 Å². The Morgan fingerprint density at radius 1 is 0.765 bits per heavy atom. The highest BCUT2D eigenvalue weighted by molar-refractivity contribution is 6.99. The van der Waals surface area contributed by atoms with Gasteiger partial charge >= 0.3 is 12.1 Å². The van der Waals surface area contributed by atoms with E-state index in [4.69, 9.17) is 13.9 Å². The Morgan fingerprint density at radius 2 is 1.25 bits per heavy atom. The molecular formula is C43H59F3O4Si. The van der Waals surface area contributed by atoms with E-state index in [1.54, 1.807) is 6.07 Å². The maximum atomic E-state index is 15.0. The summed E-state index contributed by atoms with van der Waals surface area (Å²) < 4.78 is 63.3. The van der Waals surface area contributed by atoms with Gasteiger partial charge in [0.25, 0.3) is 13.9 Å². The summed E-state index contributed by atoms with van der Waals surface area (Å²) in [5.74, 6) is -0.972. The number of halogens is 3. The first-order chi connectivity index (χ1) is 24.0. The van der Waals surface area contributed by atoms with Crippen LogP contribution in [0.25, 0.3) is 0 Å². The Hall–Kier alpha value is -3.20. The highest BCUT2D eigenvalue weighted by atomic mass is 28.4. The van der Waals surface area contributed by atoms with Crippen LogP contribution in [0.2, 0.25) is 5.04 Å². The van der Waals surface area contributed by atoms with Gasteiger partial charge in [-0.2, -0.15) is 13.2 Å². The standard InChI is InChI=1S/C43H59F3O4Si/c1-11-21-31(2)28-32(3)29-33(4)39(50-40(47)42(48-10,43(44,45)46)36-22-15-12-16-23-36)35(6)34(5)30-49-51(41(7,8)9,37-24-17-13-18-25-37)38-26-19-14-20-27-38/h12-20,22-27,31-33,39H,11,21,28-30H2,1-10H3/b35-34-/t31-,32-,33-,39-,42+/m0/s1. The minimum atomic E-state index is -5.07. The molecule has 51 heavy (non-hydrogen) atoms. The monoisotopic (exact) mass is 724 g/mol. The van der Waals surface area contributed by atoms with Crippen molar-refractivity contribution in [2.75, 3.05) is 13.7 Å². The Bertz CT molecular complexity index is 1500. The first-order valence-corrected chi connectivity index (χ1v) is 20.2. The highest BCUT2D eigenvalue weighted by Crippen LogP contribution is 2.44. The maximum Gasteiger partial charge on any atom is 0.432 e. The zero-order valence-corrected chi connectivity index (χ0v) is 33.3. The lowest BCUT2D eigenvalue weighted by Gasteiger charge is -2.43. The van der Waals surface area contributed by atoms with Crippen LogP contribution in [0.5, 0.6) is 0 Å². The number of alkyl halides is 3. The van der Waals surface area contributed by atoms with E-state index in [2.05, 4.69) is 65.8 Å². The Labute approximate surface area is 305 Å². The summed E-state index contributed by atoms with van der Waals surface area (Å²) in [6, 6.07) is 27.6. The van der Waals surface area contributed by atoms with Crippen molar-refractivity contribution in [3.8, 4) is 0 Å². The van der Waals surface area contributed by atoms with Gasteiger partial charge in [0.2, 0.25) is 0 Å². The van der Waals surface area contributed by atoms with Gasteiger partial charge in [0.15, 0.2) is 0 Å². The second-order valence-electron chi connectivity index (χ2n) is 15.4. The molecule has 0 unspecified atom stereocenters. The van der Waals surface area contributed by atoms with Gasteiger partial charge in [-0.15, -0.1) is 0 Å². The predicted octanol–water partition coefficient (Wildman–Crippen LogP) is 10.4. The summed E-state index contributed by atoms with van der Waals surface area (Å²) in [6.45, 7) is 19.1. The molecule has 0 bridgehead atoms. The molecule has 0 saturated heterocycles. The SMILES string of the molecule is CCC[C@H](C)C[C@H](C)C[C@H](C)[C@H](OC(=O)[C@](OC)(c1ccccc1)C(F)(F)F)/C(C)=C(/C)CO[Si](c1ccccc1)(c1ccccc1)C(C)(C)C. The maximum absolute atomic E-state index is 15.0. The Morgan fingerprint density at radius 3 is 1.69 bits per heavy atom. The van der Waals surface area contributed by atoms with E-state index in [1.165, 1.54) is 24.3 Å². The molecule has 4 nitrogen and oxygen atoms in total. The molecule has 0 radical (unpaired) electrons. The second-order valence-corrected chi connectivity index (χ2v) is 19.7. The fourth-order valence-electron chi connectivity index (χ4n) is 7.70. The lowest BCUT2D eigenvalue weighted by atomic mass is 9.83. The van der Waals surface area contributed by atoms with Crippen LogP contribution in [0.4, 0.5) is 13.2 Å². The number of hydrogen-bond acceptors (Lipinski definition) is 4. The summed E-state index contributed by atoms with van der Waals surface area (Å²) in [5, 5.41) is 1.98. The third kappa shape index (κ3) is 9.62. The molecule has 5 atom stereocenters. The Balaban J connectivity index is 2.11. The predicted molar refractivity (Wildman–Crippen MR) is 205 cm³/mol. The zero-order valence-electron chi connectivity index (χ0n) is 32.3. The molecule has 0 spiro atoms. The number of benzene rings is 3. The third-order valence-corrected chi connectivity index (χ3v) is 15.3. The molecule has 3 aromatic rings. The summed E-state index contributed by atoms with van der Waals surface area (Å²) in [6.07, 6.45) is -2.17. The molecule has 0 fully saturated rings. The molecule has 0 aliphatic carbocycles. The van der Waals surface area contributed by atoms with E-state index >= 15 is 0 Å². The molecule has 0 saturated carbocycles. The fourth-order valence-corrected chi connectivity index (χ4v) is 12.3. The van der Waals surface area contributed by atoms with E-state index in [0.717, 1.165) is 42.3 Å². The summed E-state index contributed by atoms with van der Waals surface area (Å²) in [4.78, 5) is 14.0. The average Bonchev–Trinajstić information content (AvgIpc) is 3.07. The normalized spacial score (nSPS) is 16.7. The van der Waals surface area contributed by atoms with Gasteiger partial charge in [-0.25, -0.2) is 4.79 Å². The number of carbonyl (C=O) groups is 1. The number of hydrogen-bond donors (Lipinski definition) is 0. The molecule has 0 aliphatic rings. The van der Waals surface area contributed by atoms with Crippen LogP contribution < -0.4 is 10.4 Å². The lowest BCUT2D eigenvalue weighted by Crippen LogP contribution is -2.66. The molecule has 3 rings (SSSR count).